The van der Waals surface area contributed by atoms with Gasteiger partial charge in [-0.25, -0.2) is 9.79 Å². The van der Waals surface area contributed by atoms with Gasteiger partial charge in [-0.3, -0.25) is 9.69 Å². The number of carbonyl (C=O) groups is 2. The minimum Gasteiger partial charge on any atom is -0.493 e. The summed E-state index contributed by atoms with van der Waals surface area (Å²) < 4.78 is 12.2. The molecule has 1 amide bonds. The predicted molar refractivity (Wildman–Crippen MR) is 130 cm³/mol. The molecule has 31 heavy (non-hydrogen) atoms. The number of rotatable bonds is 6. The van der Waals surface area contributed by atoms with E-state index < -0.39 is 5.97 Å². The van der Waals surface area contributed by atoms with E-state index >= 15 is 0 Å². The van der Waals surface area contributed by atoms with Crippen molar-refractivity contribution < 1.29 is 24.2 Å². The van der Waals surface area contributed by atoms with Crippen LogP contribution >= 0.6 is 34.4 Å². The van der Waals surface area contributed by atoms with E-state index in [1.165, 1.54) is 28.8 Å². The van der Waals surface area contributed by atoms with Crippen molar-refractivity contribution in [3.05, 3.63) is 56.0 Å². The van der Waals surface area contributed by atoms with Gasteiger partial charge < -0.3 is 14.6 Å². The Kier molecular flexibility index (Phi) is 7.26. The third-order valence-corrected chi connectivity index (χ3v) is 6.11. The molecule has 1 heterocycles. The third kappa shape index (κ3) is 5.40. The van der Waals surface area contributed by atoms with Crippen molar-refractivity contribution in [3.8, 4) is 11.5 Å². The summed E-state index contributed by atoms with van der Waals surface area (Å²) >= 11 is 3.45. The quantitative estimate of drug-likeness (QED) is 0.400. The number of carboxylic acid groups (broad SMARTS) is 1. The van der Waals surface area contributed by atoms with Crippen LogP contribution in [-0.4, -0.2) is 47.3 Å². The molecule has 2 aromatic carbocycles. The first-order valence-corrected chi connectivity index (χ1v) is 11.2. The van der Waals surface area contributed by atoms with E-state index in [2.05, 4.69) is 27.6 Å². The Labute approximate surface area is 198 Å². The lowest BCUT2D eigenvalue weighted by atomic mass is 10.2. The van der Waals surface area contributed by atoms with Gasteiger partial charge in [-0.1, -0.05) is 0 Å². The molecule has 1 fully saturated rings. The highest BCUT2D eigenvalue weighted by molar-refractivity contribution is 14.1. The van der Waals surface area contributed by atoms with Gasteiger partial charge in [0.2, 0.25) is 0 Å². The highest BCUT2D eigenvalue weighted by Gasteiger charge is 2.30. The summed E-state index contributed by atoms with van der Waals surface area (Å²) in [4.78, 5) is 30.2. The van der Waals surface area contributed by atoms with Crippen molar-refractivity contribution in [3.63, 3.8) is 0 Å². The fraction of sp³-hybridized carbons (Fsp3) is 0.227. The minimum atomic E-state index is -0.998. The van der Waals surface area contributed by atoms with Gasteiger partial charge in [0.15, 0.2) is 16.7 Å². The SMILES string of the molecule is COc1cc(/C=C2/SC(=Nc3ccc(C(=O)O)cc3)N(C)C2=O)cc(I)c1OC(C)C. The summed E-state index contributed by atoms with van der Waals surface area (Å²) in [6.07, 6.45) is 1.80. The summed E-state index contributed by atoms with van der Waals surface area (Å²) in [5.74, 6) is 0.114. The van der Waals surface area contributed by atoms with Gasteiger partial charge >= 0.3 is 5.97 Å². The van der Waals surface area contributed by atoms with Crippen molar-refractivity contribution in [1.82, 2.24) is 4.90 Å². The van der Waals surface area contributed by atoms with Gasteiger partial charge in [0.25, 0.3) is 5.91 Å². The highest BCUT2D eigenvalue weighted by atomic mass is 127. The zero-order valence-corrected chi connectivity index (χ0v) is 20.4. The summed E-state index contributed by atoms with van der Waals surface area (Å²) in [6.45, 7) is 3.90. The predicted octanol–water partition coefficient (Wildman–Crippen LogP) is 5.02. The third-order valence-electron chi connectivity index (χ3n) is 4.25. The first kappa shape index (κ1) is 23.1. The molecule has 2 aromatic rings. The Morgan fingerprint density at radius 3 is 2.52 bits per heavy atom. The number of thioether (sulfide) groups is 1. The molecule has 0 aromatic heterocycles. The maximum atomic E-state index is 12.7. The number of hydrogen-bond donors (Lipinski definition) is 1. The van der Waals surface area contributed by atoms with Crippen LogP contribution in [0.2, 0.25) is 0 Å². The number of likely N-dealkylation sites (N-methyl/N-ethyl adjacent to an activating group) is 1. The lowest BCUT2D eigenvalue weighted by molar-refractivity contribution is -0.121. The number of halogens is 1. The molecule has 0 bridgehead atoms. The smallest absolute Gasteiger partial charge is 0.335 e. The van der Waals surface area contributed by atoms with Crippen molar-refractivity contribution in [2.24, 2.45) is 4.99 Å². The number of aromatic carboxylic acids is 1. The average molecular weight is 552 g/mol. The summed E-state index contributed by atoms with van der Waals surface area (Å²) in [7, 11) is 3.24. The second-order valence-electron chi connectivity index (χ2n) is 6.92. The van der Waals surface area contributed by atoms with E-state index in [9.17, 15) is 9.59 Å². The molecule has 7 nitrogen and oxygen atoms in total. The lowest BCUT2D eigenvalue weighted by Crippen LogP contribution is -2.23. The van der Waals surface area contributed by atoms with Gasteiger partial charge in [-0.15, -0.1) is 0 Å². The highest BCUT2D eigenvalue weighted by Crippen LogP contribution is 2.38. The summed E-state index contributed by atoms with van der Waals surface area (Å²) in [5, 5.41) is 9.53. The summed E-state index contributed by atoms with van der Waals surface area (Å²) in [5.41, 5.74) is 1.56. The van der Waals surface area contributed by atoms with Crippen molar-refractivity contribution in [2.45, 2.75) is 20.0 Å². The second-order valence-corrected chi connectivity index (χ2v) is 9.09. The van der Waals surface area contributed by atoms with Crippen LogP contribution in [0.5, 0.6) is 11.5 Å². The molecule has 0 radical (unpaired) electrons. The van der Waals surface area contributed by atoms with Crippen LogP contribution in [-0.2, 0) is 4.79 Å². The Hall–Kier alpha value is -2.53. The van der Waals surface area contributed by atoms with E-state index in [4.69, 9.17) is 14.6 Å². The van der Waals surface area contributed by atoms with Crippen LogP contribution in [0, 0.1) is 3.57 Å². The molecule has 3 rings (SSSR count). The maximum absolute atomic E-state index is 12.7. The fourth-order valence-corrected chi connectivity index (χ4v) is 4.50. The van der Waals surface area contributed by atoms with Gasteiger partial charge in [-0.2, -0.15) is 0 Å². The molecule has 0 atom stereocenters. The number of hydrogen-bond acceptors (Lipinski definition) is 6. The maximum Gasteiger partial charge on any atom is 0.335 e. The number of benzene rings is 2. The van der Waals surface area contributed by atoms with Crippen LogP contribution in [0.1, 0.15) is 29.8 Å². The molecular weight excluding hydrogens is 531 g/mol. The zero-order chi connectivity index (χ0) is 22.7. The number of ether oxygens (including phenoxy) is 2. The molecule has 0 aliphatic carbocycles. The van der Waals surface area contributed by atoms with Crippen LogP contribution in [0.25, 0.3) is 6.08 Å². The number of carbonyl (C=O) groups excluding carboxylic acids is 1. The molecule has 0 unspecified atom stereocenters. The minimum absolute atomic E-state index is 0.00979. The van der Waals surface area contributed by atoms with Gasteiger partial charge in [0.1, 0.15) is 0 Å². The number of carboxylic acids is 1. The Bertz CT molecular complexity index is 1080. The molecule has 0 saturated carbocycles. The Morgan fingerprint density at radius 2 is 1.94 bits per heavy atom. The number of methoxy groups -OCH3 is 1. The normalized spacial score (nSPS) is 16.5. The van der Waals surface area contributed by atoms with E-state index in [0.717, 1.165) is 9.13 Å². The molecule has 1 saturated heterocycles. The van der Waals surface area contributed by atoms with E-state index in [-0.39, 0.29) is 17.6 Å². The summed E-state index contributed by atoms with van der Waals surface area (Å²) in [6, 6.07) is 9.95. The second kappa shape index (κ2) is 9.73. The topological polar surface area (TPSA) is 88.4 Å². The first-order chi connectivity index (χ1) is 14.7. The molecule has 1 aliphatic heterocycles. The first-order valence-electron chi connectivity index (χ1n) is 9.33. The Morgan fingerprint density at radius 1 is 1.26 bits per heavy atom. The van der Waals surface area contributed by atoms with E-state index in [0.29, 0.717) is 27.3 Å². The van der Waals surface area contributed by atoms with Crippen molar-refractivity contribution in [2.75, 3.05) is 14.2 Å². The lowest BCUT2D eigenvalue weighted by Gasteiger charge is -2.16. The standard InChI is InChI=1S/C22H21IN2O5S/c1-12(2)30-19-16(23)9-13(10-17(19)29-4)11-18-20(26)25(3)22(31-18)24-15-7-5-14(6-8-15)21(27)28/h5-12H,1-4H3,(H,27,28)/b18-11+,24-22?. The fourth-order valence-electron chi connectivity index (χ4n) is 2.77. The Balaban J connectivity index is 1.89. The van der Waals surface area contributed by atoms with Gasteiger partial charge in [0, 0.05) is 7.05 Å². The molecular formula is C22H21IN2O5S. The number of nitrogens with zero attached hydrogens (tertiary/aromatic N) is 2. The molecule has 162 valence electrons. The molecule has 0 spiro atoms. The van der Waals surface area contributed by atoms with E-state index in [1.807, 2.05) is 26.0 Å². The van der Waals surface area contributed by atoms with E-state index in [1.54, 1.807) is 32.4 Å². The van der Waals surface area contributed by atoms with Crippen LogP contribution in [0.3, 0.4) is 0 Å². The molecule has 9 heteroatoms. The number of aliphatic imine (C=N–C) groups is 1. The number of amides is 1. The van der Waals surface area contributed by atoms with Gasteiger partial charge in [0.05, 0.1) is 32.9 Å². The number of amidine groups is 1. The van der Waals surface area contributed by atoms with Gasteiger partial charge in [-0.05, 0) is 96.2 Å². The van der Waals surface area contributed by atoms with Crippen LogP contribution in [0.4, 0.5) is 5.69 Å². The van der Waals surface area contributed by atoms with Crippen molar-refractivity contribution in [1.29, 1.82) is 0 Å². The van der Waals surface area contributed by atoms with Crippen molar-refractivity contribution >= 4 is 63.2 Å². The zero-order valence-electron chi connectivity index (χ0n) is 17.4. The van der Waals surface area contributed by atoms with Crippen LogP contribution in [0.15, 0.2) is 46.3 Å². The molecule has 1 aliphatic rings. The average Bonchev–Trinajstić information content (AvgIpc) is 2.97. The largest absolute Gasteiger partial charge is 0.493 e. The monoisotopic (exact) mass is 552 g/mol. The van der Waals surface area contributed by atoms with Crippen LogP contribution < -0.4 is 9.47 Å². The molecule has 1 N–H and O–H groups in total.